The van der Waals surface area contributed by atoms with Gasteiger partial charge in [0.05, 0.1) is 5.56 Å². The Labute approximate surface area is 100.0 Å². The fourth-order valence-electron chi connectivity index (χ4n) is 1.39. The smallest absolute Gasteiger partial charge is 0.253 e. The van der Waals surface area contributed by atoms with Gasteiger partial charge in [-0.3, -0.25) is 4.79 Å². The number of carbonyl (C=O) groups excluding carboxylic acids is 1. The van der Waals surface area contributed by atoms with Gasteiger partial charge in [-0.15, -0.1) is 0 Å². The van der Waals surface area contributed by atoms with Crippen molar-refractivity contribution in [1.29, 1.82) is 0 Å². The first-order chi connectivity index (χ1) is 8.04. The van der Waals surface area contributed by atoms with Crippen molar-refractivity contribution in [1.82, 2.24) is 5.32 Å². The number of ether oxygens (including phenoxy) is 1. The number of nitrogen functional groups attached to an aromatic ring is 1. The Morgan fingerprint density at radius 2 is 2.29 bits per heavy atom. The Hall–Kier alpha value is -1.62. The van der Waals surface area contributed by atoms with Crippen LogP contribution in [0, 0.1) is 5.82 Å². The van der Waals surface area contributed by atoms with Crippen LogP contribution in [0.1, 0.15) is 23.7 Å². The third kappa shape index (κ3) is 4.03. The van der Waals surface area contributed by atoms with Crippen LogP contribution in [-0.2, 0) is 4.74 Å². The number of hydrogen-bond acceptors (Lipinski definition) is 3. The number of methoxy groups -OCH3 is 1. The number of hydrogen-bond donors (Lipinski definition) is 2. The molecule has 1 atom stereocenters. The van der Waals surface area contributed by atoms with Gasteiger partial charge in [-0.2, -0.15) is 0 Å². The monoisotopic (exact) mass is 240 g/mol. The summed E-state index contributed by atoms with van der Waals surface area (Å²) in [5.74, 6) is -0.848. The molecule has 0 aromatic heterocycles. The van der Waals surface area contributed by atoms with Crippen molar-refractivity contribution in [3.63, 3.8) is 0 Å². The van der Waals surface area contributed by atoms with E-state index in [2.05, 4.69) is 5.32 Å². The van der Waals surface area contributed by atoms with Crippen LogP contribution >= 0.6 is 0 Å². The largest absolute Gasteiger partial charge is 0.398 e. The van der Waals surface area contributed by atoms with Crippen LogP contribution < -0.4 is 11.1 Å². The molecule has 0 spiro atoms. The third-order valence-electron chi connectivity index (χ3n) is 2.39. The number of benzene rings is 1. The van der Waals surface area contributed by atoms with Crippen LogP contribution in [0.15, 0.2) is 18.2 Å². The molecule has 3 N–H and O–H groups in total. The minimum atomic E-state index is -0.478. The van der Waals surface area contributed by atoms with Crippen molar-refractivity contribution >= 4 is 11.6 Å². The molecule has 17 heavy (non-hydrogen) atoms. The van der Waals surface area contributed by atoms with Crippen LogP contribution in [-0.4, -0.2) is 25.7 Å². The molecule has 1 amide bonds. The van der Waals surface area contributed by atoms with Gasteiger partial charge in [0.25, 0.3) is 5.91 Å². The summed E-state index contributed by atoms with van der Waals surface area (Å²) < 4.78 is 17.9. The Kier molecular flexibility index (Phi) is 4.90. The number of nitrogens with one attached hydrogen (secondary N) is 1. The highest BCUT2D eigenvalue weighted by Gasteiger charge is 2.13. The van der Waals surface area contributed by atoms with E-state index >= 15 is 0 Å². The van der Waals surface area contributed by atoms with Crippen molar-refractivity contribution in [2.24, 2.45) is 0 Å². The normalized spacial score (nSPS) is 12.2. The molecule has 0 heterocycles. The SMILES string of the molecule is COCCC(C)NC(=O)c1cc(F)ccc1N. The predicted molar refractivity (Wildman–Crippen MR) is 64.2 cm³/mol. The van der Waals surface area contributed by atoms with Crippen molar-refractivity contribution in [3.8, 4) is 0 Å². The van der Waals surface area contributed by atoms with Crippen LogP contribution in [0.4, 0.5) is 10.1 Å². The molecule has 1 aromatic carbocycles. The first-order valence-electron chi connectivity index (χ1n) is 5.39. The lowest BCUT2D eigenvalue weighted by atomic mass is 10.1. The van der Waals surface area contributed by atoms with Crippen molar-refractivity contribution < 1.29 is 13.9 Å². The van der Waals surface area contributed by atoms with Crippen LogP contribution in [0.2, 0.25) is 0 Å². The fraction of sp³-hybridized carbons (Fsp3) is 0.417. The lowest BCUT2D eigenvalue weighted by Crippen LogP contribution is -2.33. The van der Waals surface area contributed by atoms with Gasteiger partial charge in [0, 0.05) is 25.4 Å². The maximum absolute atomic E-state index is 13.0. The summed E-state index contributed by atoms with van der Waals surface area (Å²) in [6.07, 6.45) is 0.692. The molecule has 5 heteroatoms. The molecule has 0 fully saturated rings. The van der Waals surface area contributed by atoms with E-state index in [0.717, 1.165) is 6.07 Å². The van der Waals surface area contributed by atoms with Crippen LogP contribution in [0.3, 0.4) is 0 Å². The van der Waals surface area contributed by atoms with Gasteiger partial charge in [0.15, 0.2) is 0 Å². The lowest BCUT2D eigenvalue weighted by Gasteiger charge is -2.14. The zero-order valence-corrected chi connectivity index (χ0v) is 10.00. The van der Waals surface area contributed by atoms with Crippen LogP contribution in [0.5, 0.6) is 0 Å². The second-order valence-corrected chi connectivity index (χ2v) is 3.89. The van der Waals surface area contributed by atoms with E-state index in [1.54, 1.807) is 7.11 Å². The number of amides is 1. The highest BCUT2D eigenvalue weighted by atomic mass is 19.1. The first-order valence-corrected chi connectivity index (χ1v) is 5.39. The summed E-state index contributed by atoms with van der Waals surface area (Å²) in [4.78, 5) is 11.8. The van der Waals surface area contributed by atoms with Crippen molar-refractivity contribution in [3.05, 3.63) is 29.6 Å². The molecule has 1 unspecified atom stereocenters. The van der Waals surface area contributed by atoms with Crippen LogP contribution in [0.25, 0.3) is 0 Å². The Morgan fingerprint density at radius 1 is 1.59 bits per heavy atom. The van der Waals surface area contributed by atoms with E-state index in [9.17, 15) is 9.18 Å². The van der Waals surface area contributed by atoms with E-state index in [0.29, 0.717) is 13.0 Å². The van der Waals surface area contributed by atoms with Gasteiger partial charge in [-0.25, -0.2) is 4.39 Å². The Bertz CT molecular complexity index is 396. The number of carbonyl (C=O) groups is 1. The molecule has 0 aliphatic rings. The lowest BCUT2D eigenvalue weighted by molar-refractivity contribution is 0.0930. The predicted octanol–water partition coefficient (Wildman–Crippen LogP) is 1.56. The van der Waals surface area contributed by atoms with Gasteiger partial charge < -0.3 is 15.8 Å². The minimum absolute atomic E-state index is 0.0508. The van der Waals surface area contributed by atoms with E-state index < -0.39 is 5.82 Å². The molecular formula is C12H17FN2O2. The average molecular weight is 240 g/mol. The maximum Gasteiger partial charge on any atom is 0.253 e. The molecule has 1 aromatic rings. The molecule has 0 bridgehead atoms. The summed E-state index contributed by atoms with van der Waals surface area (Å²) in [5.41, 5.74) is 6.04. The molecule has 0 aliphatic carbocycles. The minimum Gasteiger partial charge on any atom is -0.398 e. The van der Waals surface area contributed by atoms with Crippen molar-refractivity contribution in [2.75, 3.05) is 19.5 Å². The summed E-state index contributed by atoms with van der Waals surface area (Å²) in [6.45, 7) is 2.41. The molecule has 0 saturated carbocycles. The first kappa shape index (κ1) is 13.4. The topological polar surface area (TPSA) is 64.3 Å². The number of halogens is 1. The molecule has 94 valence electrons. The highest BCUT2D eigenvalue weighted by molar-refractivity contribution is 5.99. The fourth-order valence-corrected chi connectivity index (χ4v) is 1.39. The van der Waals surface area contributed by atoms with E-state index in [4.69, 9.17) is 10.5 Å². The zero-order chi connectivity index (χ0) is 12.8. The van der Waals surface area contributed by atoms with Gasteiger partial charge in [-0.05, 0) is 31.5 Å². The standard InChI is InChI=1S/C12H17FN2O2/c1-8(5-6-17-2)15-12(16)10-7-9(13)3-4-11(10)14/h3-4,7-8H,5-6,14H2,1-2H3,(H,15,16). The second-order valence-electron chi connectivity index (χ2n) is 3.89. The summed E-state index contributed by atoms with van der Waals surface area (Å²) >= 11 is 0. The van der Waals surface area contributed by atoms with Gasteiger partial charge in [0.2, 0.25) is 0 Å². The Morgan fingerprint density at radius 3 is 2.94 bits per heavy atom. The van der Waals surface area contributed by atoms with Gasteiger partial charge in [0.1, 0.15) is 5.82 Å². The number of nitrogens with two attached hydrogens (primary N) is 1. The number of anilines is 1. The third-order valence-corrected chi connectivity index (χ3v) is 2.39. The average Bonchev–Trinajstić information content (AvgIpc) is 2.29. The van der Waals surface area contributed by atoms with Gasteiger partial charge >= 0.3 is 0 Å². The second kappa shape index (κ2) is 6.20. The summed E-state index contributed by atoms with van der Waals surface area (Å²) in [7, 11) is 1.60. The quantitative estimate of drug-likeness (QED) is 0.768. The van der Waals surface area contributed by atoms with Crippen molar-refractivity contribution in [2.45, 2.75) is 19.4 Å². The van der Waals surface area contributed by atoms with E-state index in [-0.39, 0.29) is 23.2 Å². The van der Waals surface area contributed by atoms with E-state index in [1.807, 2.05) is 6.92 Å². The summed E-state index contributed by atoms with van der Waals surface area (Å²) in [6, 6.07) is 3.68. The van der Waals surface area contributed by atoms with E-state index in [1.165, 1.54) is 12.1 Å². The highest BCUT2D eigenvalue weighted by Crippen LogP contribution is 2.13. The molecule has 0 saturated heterocycles. The van der Waals surface area contributed by atoms with Gasteiger partial charge in [-0.1, -0.05) is 0 Å². The molecule has 0 aliphatic heterocycles. The molecule has 0 radical (unpaired) electrons. The zero-order valence-electron chi connectivity index (χ0n) is 10.00. The maximum atomic E-state index is 13.0. The number of rotatable bonds is 5. The Balaban J connectivity index is 2.66. The molecular weight excluding hydrogens is 223 g/mol. The summed E-state index contributed by atoms with van der Waals surface area (Å²) in [5, 5.41) is 2.73. The molecule has 4 nitrogen and oxygen atoms in total. The molecule has 1 rings (SSSR count).